The van der Waals surface area contributed by atoms with Crippen LogP contribution in [0.3, 0.4) is 0 Å². The standard InChI is InChI=1S/C12H20O2S/c1-14-12(13)11(9-7-8-9)15-10-5-3-2-4-6-10/h9-11H,2-8H2,1H3. The van der Waals surface area contributed by atoms with Gasteiger partial charge in [-0.1, -0.05) is 19.3 Å². The Morgan fingerprint density at radius 3 is 2.40 bits per heavy atom. The van der Waals surface area contributed by atoms with E-state index in [0.717, 1.165) is 0 Å². The molecule has 2 fully saturated rings. The summed E-state index contributed by atoms with van der Waals surface area (Å²) in [5, 5.41) is 0.849. The van der Waals surface area contributed by atoms with Crippen LogP contribution in [0.4, 0.5) is 0 Å². The highest BCUT2D eigenvalue weighted by Crippen LogP contribution is 2.43. The summed E-state index contributed by atoms with van der Waals surface area (Å²) in [6.07, 6.45) is 9.10. The molecule has 0 spiro atoms. The van der Waals surface area contributed by atoms with Crippen molar-refractivity contribution in [3.63, 3.8) is 0 Å². The monoisotopic (exact) mass is 228 g/mol. The van der Waals surface area contributed by atoms with E-state index in [2.05, 4.69) is 0 Å². The third-order valence-electron chi connectivity index (χ3n) is 3.37. The number of hydrogen-bond acceptors (Lipinski definition) is 3. The van der Waals surface area contributed by atoms with Crippen LogP contribution in [0.1, 0.15) is 44.9 Å². The van der Waals surface area contributed by atoms with Gasteiger partial charge in [-0.2, -0.15) is 0 Å². The molecule has 2 aliphatic rings. The predicted octanol–water partition coefficient (Wildman–Crippen LogP) is 3.00. The third-order valence-corrected chi connectivity index (χ3v) is 5.10. The molecule has 3 heteroatoms. The van der Waals surface area contributed by atoms with Gasteiger partial charge in [-0.3, -0.25) is 4.79 Å². The predicted molar refractivity (Wildman–Crippen MR) is 63.0 cm³/mol. The minimum absolute atomic E-state index is 0.00748. The Hall–Kier alpha value is -0.180. The van der Waals surface area contributed by atoms with Gasteiger partial charge in [0.1, 0.15) is 5.25 Å². The Kier molecular flexibility index (Phi) is 3.95. The maximum Gasteiger partial charge on any atom is 0.319 e. The molecule has 2 rings (SSSR count). The topological polar surface area (TPSA) is 26.3 Å². The second kappa shape index (κ2) is 5.24. The van der Waals surface area contributed by atoms with Crippen molar-refractivity contribution in [2.75, 3.05) is 7.11 Å². The van der Waals surface area contributed by atoms with Crippen molar-refractivity contribution >= 4 is 17.7 Å². The van der Waals surface area contributed by atoms with Crippen LogP contribution in [0.2, 0.25) is 0 Å². The number of ether oxygens (including phenoxy) is 1. The molecule has 2 nitrogen and oxygen atoms in total. The van der Waals surface area contributed by atoms with E-state index in [9.17, 15) is 4.79 Å². The summed E-state index contributed by atoms with van der Waals surface area (Å²) in [6, 6.07) is 0. The van der Waals surface area contributed by atoms with Crippen LogP contribution in [-0.2, 0) is 9.53 Å². The zero-order valence-corrected chi connectivity index (χ0v) is 10.2. The second-order valence-corrected chi connectivity index (χ2v) is 6.12. The van der Waals surface area contributed by atoms with Crippen LogP contribution in [0.5, 0.6) is 0 Å². The number of rotatable bonds is 4. The third kappa shape index (κ3) is 3.13. The van der Waals surface area contributed by atoms with Gasteiger partial charge in [0, 0.05) is 5.25 Å². The van der Waals surface area contributed by atoms with Crippen molar-refractivity contribution < 1.29 is 9.53 Å². The molecule has 0 aromatic carbocycles. The van der Waals surface area contributed by atoms with Crippen LogP contribution >= 0.6 is 11.8 Å². The van der Waals surface area contributed by atoms with Crippen LogP contribution in [0.15, 0.2) is 0 Å². The minimum atomic E-state index is 0.00748. The highest BCUT2D eigenvalue weighted by molar-refractivity contribution is 8.01. The number of carbonyl (C=O) groups is 1. The van der Waals surface area contributed by atoms with Gasteiger partial charge in [0.25, 0.3) is 0 Å². The molecular weight excluding hydrogens is 208 g/mol. The average Bonchev–Trinajstić information content (AvgIpc) is 3.10. The molecule has 1 atom stereocenters. The maximum atomic E-state index is 11.6. The largest absolute Gasteiger partial charge is 0.468 e. The lowest BCUT2D eigenvalue weighted by molar-refractivity contribution is -0.140. The summed E-state index contributed by atoms with van der Waals surface area (Å²) in [5.41, 5.74) is 0. The lowest BCUT2D eigenvalue weighted by Gasteiger charge is -2.24. The van der Waals surface area contributed by atoms with E-state index >= 15 is 0 Å². The van der Waals surface area contributed by atoms with Gasteiger partial charge < -0.3 is 4.74 Å². The second-order valence-electron chi connectivity index (χ2n) is 4.68. The molecule has 1 unspecified atom stereocenters. The van der Waals surface area contributed by atoms with E-state index in [1.165, 1.54) is 52.1 Å². The van der Waals surface area contributed by atoms with Crippen molar-refractivity contribution in [3.8, 4) is 0 Å². The molecule has 2 aliphatic carbocycles. The van der Waals surface area contributed by atoms with E-state index in [1.54, 1.807) is 0 Å². The van der Waals surface area contributed by atoms with Crippen molar-refractivity contribution in [2.24, 2.45) is 5.92 Å². The highest BCUT2D eigenvalue weighted by Gasteiger charge is 2.38. The molecular formula is C12H20O2S. The van der Waals surface area contributed by atoms with Gasteiger partial charge in [-0.15, -0.1) is 11.8 Å². The summed E-state index contributed by atoms with van der Waals surface area (Å²) < 4.78 is 4.90. The molecule has 0 bridgehead atoms. The van der Waals surface area contributed by atoms with Crippen LogP contribution < -0.4 is 0 Å². The fourth-order valence-corrected chi connectivity index (χ4v) is 4.00. The number of esters is 1. The first-order chi connectivity index (χ1) is 7.31. The fourth-order valence-electron chi connectivity index (χ4n) is 2.28. The summed E-state index contributed by atoms with van der Waals surface area (Å²) in [7, 11) is 1.51. The molecule has 0 saturated heterocycles. The summed E-state index contributed by atoms with van der Waals surface area (Å²) in [4.78, 5) is 11.6. The van der Waals surface area contributed by atoms with Gasteiger partial charge in [-0.05, 0) is 31.6 Å². The van der Waals surface area contributed by atoms with Crippen LogP contribution in [0.25, 0.3) is 0 Å². The molecule has 0 aliphatic heterocycles. The molecule has 86 valence electrons. The van der Waals surface area contributed by atoms with Crippen LogP contribution in [-0.4, -0.2) is 23.6 Å². The first kappa shape index (κ1) is 11.3. The van der Waals surface area contributed by atoms with E-state index < -0.39 is 0 Å². The quantitative estimate of drug-likeness (QED) is 0.692. The van der Waals surface area contributed by atoms with Crippen molar-refractivity contribution in [3.05, 3.63) is 0 Å². The number of carbonyl (C=O) groups excluding carboxylic acids is 1. The van der Waals surface area contributed by atoms with Gasteiger partial charge in [0.05, 0.1) is 7.11 Å². The van der Waals surface area contributed by atoms with E-state index in [1.807, 2.05) is 11.8 Å². The van der Waals surface area contributed by atoms with E-state index in [0.29, 0.717) is 11.2 Å². The minimum Gasteiger partial charge on any atom is -0.468 e. The first-order valence-corrected chi connectivity index (χ1v) is 6.99. The zero-order chi connectivity index (χ0) is 10.7. The SMILES string of the molecule is COC(=O)C(SC1CCCCC1)C1CC1. The number of methoxy groups -OCH3 is 1. The first-order valence-electron chi connectivity index (χ1n) is 6.04. The van der Waals surface area contributed by atoms with Gasteiger partial charge >= 0.3 is 5.97 Å². The molecule has 2 saturated carbocycles. The Morgan fingerprint density at radius 2 is 1.87 bits per heavy atom. The van der Waals surface area contributed by atoms with Crippen LogP contribution in [0, 0.1) is 5.92 Å². The molecule has 0 amide bonds. The molecule has 0 aromatic heterocycles. The highest BCUT2D eigenvalue weighted by atomic mass is 32.2. The number of thioether (sulfide) groups is 1. The summed E-state index contributed by atoms with van der Waals surface area (Å²) in [5.74, 6) is 0.623. The lowest BCUT2D eigenvalue weighted by atomic mass is 10.0. The van der Waals surface area contributed by atoms with Gasteiger partial charge in [-0.25, -0.2) is 0 Å². The molecule has 0 aromatic rings. The summed E-state index contributed by atoms with van der Waals surface area (Å²) in [6.45, 7) is 0. The van der Waals surface area contributed by atoms with Crippen molar-refractivity contribution in [2.45, 2.75) is 55.4 Å². The van der Waals surface area contributed by atoms with E-state index in [4.69, 9.17) is 4.74 Å². The Morgan fingerprint density at radius 1 is 1.20 bits per heavy atom. The fraction of sp³-hybridized carbons (Fsp3) is 0.917. The average molecular weight is 228 g/mol. The van der Waals surface area contributed by atoms with Gasteiger partial charge in [0.15, 0.2) is 0 Å². The normalized spacial score (nSPS) is 24.9. The molecule has 15 heavy (non-hydrogen) atoms. The summed E-state index contributed by atoms with van der Waals surface area (Å²) >= 11 is 1.89. The van der Waals surface area contributed by atoms with Crippen molar-refractivity contribution in [1.29, 1.82) is 0 Å². The Labute approximate surface area is 96.1 Å². The lowest BCUT2D eigenvalue weighted by Crippen LogP contribution is -2.25. The molecule has 0 radical (unpaired) electrons. The van der Waals surface area contributed by atoms with E-state index in [-0.39, 0.29) is 11.2 Å². The van der Waals surface area contributed by atoms with Crippen molar-refractivity contribution in [1.82, 2.24) is 0 Å². The Balaban J connectivity index is 1.84. The number of hydrogen-bond donors (Lipinski definition) is 0. The molecule has 0 heterocycles. The van der Waals surface area contributed by atoms with Gasteiger partial charge in [0.2, 0.25) is 0 Å². The Bertz CT molecular complexity index is 220. The maximum absolute atomic E-state index is 11.6. The molecule has 0 N–H and O–H groups in total. The zero-order valence-electron chi connectivity index (χ0n) is 9.41. The smallest absolute Gasteiger partial charge is 0.319 e.